The van der Waals surface area contributed by atoms with Gasteiger partial charge in [0.2, 0.25) is 5.91 Å². The Morgan fingerprint density at radius 1 is 1.42 bits per heavy atom. The van der Waals surface area contributed by atoms with E-state index >= 15 is 0 Å². The molecule has 19 heavy (non-hydrogen) atoms. The van der Waals surface area contributed by atoms with Gasteiger partial charge < -0.3 is 10.1 Å². The Balaban J connectivity index is 2.79. The van der Waals surface area contributed by atoms with Crippen LogP contribution in [0.15, 0.2) is 6.07 Å². The van der Waals surface area contributed by atoms with E-state index in [9.17, 15) is 18.0 Å². The first-order valence-electron chi connectivity index (χ1n) is 5.48. The van der Waals surface area contributed by atoms with Crippen LogP contribution in [0.5, 0.6) is 0 Å². The van der Waals surface area contributed by atoms with Gasteiger partial charge in [0.25, 0.3) is 0 Å². The number of thiophene rings is 1. The summed E-state index contributed by atoms with van der Waals surface area (Å²) in [6, 6.07) is 1.61. The van der Waals surface area contributed by atoms with E-state index in [-0.39, 0.29) is 6.61 Å². The Morgan fingerprint density at radius 2 is 2.05 bits per heavy atom. The summed E-state index contributed by atoms with van der Waals surface area (Å²) in [6.07, 6.45) is 0.982. The van der Waals surface area contributed by atoms with Crippen molar-refractivity contribution >= 4 is 38.1 Å². The van der Waals surface area contributed by atoms with E-state index in [1.54, 1.807) is 19.9 Å². The first kappa shape index (κ1) is 15.6. The van der Waals surface area contributed by atoms with E-state index in [4.69, 9.17) is 4.74 Å². The number of sulfone groups is 1. The van der Waals surface area contributed by atoms with Gasteiger partial charge in [0, 0.05) is 6.26 Å². The second kappa shape index (κ2) is 6.16. The first-order valence-corrected chi connectivity index (χ1v) is 8.35. The molecule has 106 valence electrons. The average molecular weight is 305 g/mol. The number of anilines is 1. The molecule has 0 radical (unpaired) electrons. The van der Waals surface area contributed by atoms with E-state index in [1.807, 2.05) is 0 Å². The third-order valence-corrected chi connectivity index (χ3v) is 3.95. The molecule has 1 rings (SSSR count). The summed E-state index contributed by atoms with van der Waals surface area (Å²) >= 11 is 1.06. The standard InChI is InChI=1S/C11H15NO5S2/c1-4-17-11(14)10-7(2)5-9(18-10)12-8(13)6-19(3,15)16/h5H,4,6H2,1-3H3,(H,12,13). The van der Waals surface area contributed by atoms with Gasteiger partial charge in [-0.05, 0) is 25.5 Å². The Bertz CT molecular complexity index is 588. The molecule has 0 saturated heterocycles. The second-order valence-corrected chi connectivity index (χ2v) is 7.15. The fourth-order valence-corrected chi connectivity index (χ4v) is 2.89. The monoisotopic (exact) mass is 305 g/mol. The highest BCUT2D eigenvalue weighted by molar-refractivity contribution is 7.91. The summed E-state index contributed by atoms with van der Waals surface area (Å²) < 4.78 is 26.8. The number of rotatable bonds is 5. The number of aryl methyl sites for hydroxylation is 1. The van der Waals surface area contributed by atoms with Crippen molar-refractivity contribution in [2.24, 2.45) is 0 Å². The molecule has 0 fully saturated rings. The Labute approximate surface area is 115 Å². The van der Waals surface area contributed by atoms with Gasteiger partial charge in [0.15, 0.2) is 9.84 Å². The maximum atomic E-state index is 11.6. The summed E-state index contributed by atoms with van der Waals surface area (Å²) in [5.74, 6) is -1.66. The van der Waals surface area contributed by atoms with Gasteiger partial charge in [0.05, 0.1) is 11.6 Å². The van der Waals surface area contributed by atoms with Crippen LogP contribution in [0, 0.1) is 6.92 Å². The first-order chi connectivity index (χ1) is 8.73. The molecule has 1 amide bonds. The second-order valence-electron chi connectivity index (χ2n) is 3.96. The van der Waals surface area contributed by atoms with Crippen molar-refractivity contribution in [1.29, 1.82) is 0 Å². The van der Waals surface area contributed by atoms with Gasteiger partial charge in [-0.1, -0.05) is 0 Å². The minimum atomic E-state index is -3.37. The number of ether oxygens (including phenoxy) is 1. The molecule has 6 nitrogen and oxygen atoms in total. The lowest BCUT2D eigenvalue weighted by atomic mass is 10.3. The van der Waals surface area contributed by atoms with E-state index in [2.05, 4.69) is 5.32 Å². The van der Waals surface area contributed by atoms with Crippen molar-refractivity contribution in [2.75, 3.05) is 23.9 Å². The van der Waals surface area contributed by atoms with E-state index in [0.717, 1.165) is 17.6 Å². The number of carbonyl (C=O) groups excluding carboxylic acids is 2. The lowest BCUT2D eigenvalue weighted by Gasteiger charge is -2.00. The summed E-state index contributed by atoms with van der Waals surface area (Å²) in [5, 5.41) is 2.87. The lowest BCUT2D eigenvalue weighted by molar-refractivity contribution is -0.113. The lowest BCUT2D eigenvalue weighted by Crippen LogP contribution is -2.21. The molecule has 1 N–H and O–H groups in total. The number of carbonyl (C=O) groups is 2. The molecular weight excluding hydrogens is 290 g/mol. The fourth-order valence-electron chi connectivity index (χ4n) is 1.35. The average Bonchev–Trinajstić information content (AvgIpc) is 2.56. The Hall–Kier alpha value is -1.41. The molecule has 0 saturated carbocycles. The predicted molar refractivity (Wildman–Crippen MR) is 73.4 cm³/mol. The van der Waals surface area contributed by atoms with Crippen LogP contribution in [0.4, 0.5) is 5.00 Å². The van der Waals surface area contributed by atoms with Crippen LogP contribution < -0.4 is 5.32 Å². The minimum absolute atomic E-state index is 0.270. The molecule has 1 aromatic heterocycles. The number of amides is 1. The van der Waals surface area contributed by atoms with Crippen molar-refractivity contribution in [3.05, 3.63) is 16.5 Å². The van der Waals surface area contributed by atoms with Crippen molar-refractivity contribution < 1.29 is 22.7 Å². The molecule has 0 aliphatic carbocycles. The van der Waals surface area contributed by atoms with Crippen molar-refractivity contribution in [1.82, 2.24) is 0 Å². The fraction of sp³-hybridized carbons (Fsp3) is 0.455. The van der Waals surface area contributed by atoms with Crippen molar-refractivity contribution in [3.63, 3.8) is 0 Å². The van der Waals surface area contributed by atoms with E-state index in [0.29, 0.717) is 15.4 Å². The van der Waals surface area contributed by atoms with Gasteiger partial charge in [-0.15, -0.1) is 11.3 Å². The summed E-state index contributed by atoms with van der Waals surface area (Å²) in [5.41, 5.74) is 0.679. The quantitative estimate of drug-likeness (QED) is 0.826. The molecule has 1 heterocycles. The molecule has 0 spiro atoms. The van der Waals surface area contributed by atoms with Crippen LogP contribution in [-0.4, -0.2) is 38.9 Å². The van der Waals surface area contributed by atoms with E-state index in [1.165, 1.54) is 0 Å². The molecular formula is C11H15NO5S2. The van der Waals surface area contributed by atoms with E-state index < -0.39 is 27.5 Å². The highest BCUT2D eigenvalue weighted by Gasteiger charge is 2.17. The summed E-state index contributed by atoms with van der Waals surface area (Å²) in [7, 11) is -3.37. The van der Waals surface area contributed by atoms with Crippen LogP contribution in [0.25, 0.3) is 0 Å². The van der Waals surface area contributed by atoms with Crippen LogP contribution in [-0.2, 0) is 19.4 Å². The van der Waals surface area contributed by atoms with Crippen LogP contribution in [0.3, 0.4) is 0 Å². The van der Waals surface area contributed by atoms with Crippen LogP contribution in [0.2, 0.25) is 0 Å². The zero-order valence-corrected chi connectivity index (χ0v) is 12.5. The molecule has 0 atom stereocenters. The maximum absolute atomic E-state index is 11.6. The predicted octanol–water partition coefficient (Wildman–Crippen LogP) is 1.22. The molecule has 8 heteroatoms. The van der Waals surface area contributed by atoms with Crippen LogP contribution in [0.1, 0.15) is 22.2 Å². The molecule has 0 aliphatic rings. The van der Waals surface area contributed by atoms with Gasteiger partial charge in [-0.3, -0.25) is 4.79 Å². The van der Waals surface area contributed by atoms with Gasteiger partial charge in [-0.25, -0.2) is 13.2 Å². The van der Waals surface area contributed by atoms with Gasteiger partial charge >= 0.3 is 5.97 Å². The maximum Gasteiger partial charge on any atom is 0.348 e. The summed E-state index contributed by atoms with van der Waals surface area (Å²) in [6.45, 7) is 3.69. The number of hydrogen-bond acceptors (Lipinski definition) is 6. The molecule has 0 aromatic carbocycles. The molecule has 0 aliphatic heterocycles. The SMILES string of the molecule is CCOC(=O)c1sc(NC(=O)CS(C)(=O)=O)cc1C. The Kier molecular flexibility index (Phi) is 5.07. The van der Waals surface area contributed by atoms with Crippen molar-refractivity contribution in [2.45, 2.75) is 13.8 Å². The number of nitrogens with one attached hydrogen (secondary N) is 1. The minimum Gasteiger partial charge on any atom is -0.462 e. The number of hydrogen-bond donors (Lipinski definition) is 1. The smallest absolute Gasteiger partial charge is 0.348 e. The highest BCUT2D eigenvalue weighted by atomic mass is 32.2. The largest absolute Gasteiger partial charge is 0.462 e. The summed E-state index contributed by atoms with van der Waals surface area (Å²) in [4.78, 5) is 23.4. The third kappa shape index (κ3) is 4.99. The van der Waals surface area contributed by atoms with Gasteiger partial charge in [-0.2, -0.15) is 0 Å². The normalized spacial score (nSPS) is 11.1. The number of esters is 1. The molecule has 1 aromatic rings. The zero-order chi connectivity index (χ0) is 14.6. The highest BCUT2D eigenvalue weighted by Crippen LogP contribution is 2.27. The Morgan fingerprint density at radius 3 is 2.58 bits per heavy atom. The van der Waals surface area contributed by atoms with Gasteiger partial charge in [0.1, 0.15) is 10.6 Å². The zero-order valence-electron chi connectivity index (χ0n) is 10.8. The third-order valence-electron chi connectivity index (χ3n) is 2.03. The topological polar surface area (TPSA) is 89.5 Å². The molecule has 0 unspecified atom stereocenters. The molecule has 0 bridgehead atoms. The van der Waals surface area contributed by atoms with Crippen molar-refractivity contribution in [3.8, 4) is 0 Å². The van der Waals surface area contributed by atoms with Crippen LogP contribution >= 0.6 is 11.3 Å².